The fourth-order valence-electron chi connectivity index (χ4n) is 1.94. The highest BCUT2D eigenvalue weighted by molar-refractivity contribution is 6.13. The standard InChI is InChI=1S/C18H16N2O4/c1-24-15-9-7-14(8-10-15)18(13-5-3-2-4-6-13)20-19-16(21)11-12-17(22)23/h2-12H,1H3,(H,19,21)(H,22,23)/b12-11-,20-18-. The van der Waals surface area contributed by atoms with Crippen molar-refractivity contribution in [3.8, 4) is 5.75 Å². The molecule has 0 aromatic heterocycles. The Balaban J connectivity index is 2.31. The van der Waals surface area contributed by atoms with E-state index < -0.39 is 11.9 Å². The summed E-state index contributed by atoms with van der Waals surface area (Å²) < 4.78 is 5.13. The highest BCUT2D eigenvalue weighted by Crippen LogP contribution is 2.15. The highest BCUT2D eigenvalue weighted by atomic mass is 16.5. The minimum atomic E-state index is -1.20. The summed E-state index contributed by atoms with van der Waals surface area (Å²) in [5.41, 5.74) is 4.47. The number of rotatable bonds is 6. The zero-order valence-corrected chi connectivity index (χ0v) is 13.0. The van der Waals surface area contributed by atoms with Gasteiger partial charge in [0.05, 0.1) is 12.8 Å². The summed E-state index contributed by atoms with van der Waals surface area (Å²) in [5, 5.41) is 12.7. The maximum absolute atomic E-state index is 11.6. The number of hydrazone groups is 1. The number of methoxy groups -OCH3 is 1. The average Bonchev–Trinajstić information content (AvgIpc) is 2.61. The third-order valence-electron chi connectivity index (χ3n) is 3.07. The molecule has 0 radical (unpaired) electrons. The van der Waals surface area contributed by atoms with Gasteiger partial charge in [0.1, 0.15) is 5.75 Å². The Morgan fingerprint density at radius 3 is 2.21 bits per heavy atom. The van der Waals surface area contributed by atoms with Gasteiger partial charge in [-0.3, -0.25) is 4.79 Å². The quantitative estimate of drug-likeness (QED) is 0.484. The predicted octanol–water partition coefficient (Wildman–Crippen LogP) is 2.20. The molecule has 0 spiro atoms. The molecule has 2 aromatic rings. The number of nitrogens with one attached hydrogen (secondary N) is 1. The van der Waals surface area contributed by atoms with E-state index in [1.165, 1.54) is 0 Å². The van der Waals surface area contributed by atoms with Gasteiger partial charge in [-0.2, -0.15) is 5.10 Å². The maximum atomic E-state index is 11.6. The SMILES string of the molecule is COc1ccc(/C(=N\NC(=O)/C=C\C(=O)O)c2ccccc2)cc1. The Morgan fingerprint density at radius 2 is 1.62 bits per heavy atom. The molecule has 2 aromatic carbocycles. The van der Waals surface area contributed by atoms with Crippen LogP contribution in [-0.2, 0) is 9.59 Å². The van der Waals surface area contributed by atoms with Crippen molar-refractivity contribution in [3.05, 3.63) is 77.9 Å². The molecule has 0 atom stereocenters. The second-order valence-corrected chi connectivity index (χ2v) is 4.70. The molecule has 0 aliphatic heterocycles. The van der Waals surface area contributed by atoms with E-state index in [4.69, 9.17) is 9.84 Å². The maximum Gasteiger partial charge on any atom is 0.328 e. The summed E-state index contributed by atoms with van der Waals surface area (Å²) >= 11 is 0. The molecule has 0 unspecified atom stereocenters. The van der Waals surface area contributed by atoms with Crippen LogP contribution in [0.4, 0.5) is 0 Å². The van der Waals surface area contributed by atoms with E-state index in [-0.39, 0.29) is 0 Å². The van der Waals surface area contributed by atoms with Gasteiger partial charge in [0, 0.05) is 23.3 Å². The van der Waals surface area contributed by atoms with Gasteiger partial charge in [0.2, 0.25) is 0 Å². The van der Waals surface area contributed by atoms with Crippen molar-refractivity contribution in [3.63, 3.8) is 0 Å². The van der Waals surface area contributed by atoms with Crippen molar-refractivity contribution in [2.75, 3.05) is 7.11 Å². The van der Waals surface area contributed by atoms with Crippen molar-refractivity contribution in [2.45, 2.75) is 0 Å². The number of hydrogen-bond acceptors (Lipinski definition) is 4. The monoisotopic (exact) mass is 324 g/mol. The highest BCUT2D eigenvalue weighted by Gasteiger charge is 2.08. The van der Waals surface area contributed by atoms with Crippen molar-refractivity contribution in [1.29, 1.82) is 0 Å². The third-order valence-corrected chi connectivity index (χ3v) is 3.07. The van der Waals surface area contributed by atoms with E-state index in [0.717, 1.165) is 23.3 Å². The van der Waals surface area contributed by atoms with Gasteiger partial charge in [0.25, 0.3) is 5.91 Å². The van der Waals surface area contributed by atoms with E-state index in [1.807, 2.05) is 42.5 Å². The summed E-state index contributed by atoms with van der Waals surface area (Å²) in [5.74, 6) is -1.12. The average molecular weight is 324 g/mol. The first-order chi connectivity index (χ1) is 11.6. The summed E-state index contributed by atoms with van der Waals surface area (Å²) in [6.45, 7) is 0. The first-order valence-corrected chi connectivity index (χ1v) is 7.08. The van der Waals surface area contributed by atoms with E-state index in [2.05, 4.69) is 10.5 Å². The lowest BCUT2D eigenvalue weighted by Crippen LogP contribution is -2.18. The van der Waals surface area contributed by atoms with Crippen LogP contribution < -0.4 is 10.2 Å². The lowest BCUT2D eigenvalue weighted by Gasteiger charge is -2.08. The molecule has 0 saturated carbocycles. The van der Waals surface area contributed by atoms with Gasteiger partial charge in [-0.1, -0.05) is 30.3 Å². The van der Waals surface area contributed by atoms with Crippen LogP contribution in [0.5, 0.6) is 5.75 Å². The molecule has 0 saturated heterocycles. The summed E-state index contributed by atoms with van der Waals surface area (Å²) in [6.07, 6.45) is 1.66. The van der Waals surface area contributed by atoms with Crippen LogP contribution in [-0.4, -0.2) is 29.8 Å². The number of aliphatic carboxylic acids is 1. The summed E-state index contributed by atoms with van der Waals surface area (Å²) in [4.78, 5) is 22.1. The number of carbonyl (C=O) groups excluding carboxylic acids is 1. The lowest BCUT2D eigenvalue weighted by atomic mass is 10.0. The van der Waals surface area contributed by atoms with Crippen molar-refractivity contribution < 1.29 is 19.4 Å². The van der Waals surface area contributed by atoms with Gasteiger partial charge < -0.3 is 9.84 Å². The fraction of sp³-hybridized carbons (Fsp3) is 0.0556. The van der Waals surface area contributed by atoms with Crippen LogP contribution in [0, 0.1) is 0 Å². The van der Waals surface area contributed by atoms with Gasteiger partial charge in [-0.15, -0.1) is 0 Å². The minimum Gasteiger partial charge on any atom is -0.497 e. The van der Waals surface area contributed by atoms with Gasteiger partial charge in [-0.05, 0) is 24.3 Å². The first-order valence-electron chi connectivity index (χ1n) is 7.08. The molecule has 0 aliphatic carbocycles. The van der Waals surface area contributed by atoms with E-state index in [0.29, 0.717) is 11.5 Å². The number of ether oxygens (including phenoxy) is 1. The summed E-state index contributed by atoms with van der Waals surface area (Å²) in [7, 11) is 1.58. The van der Waals surface area contributed by atoms with Gasteiger partial charge >= 0.3 is 5.97 Å². The van der Waals surface area contributed by atoms with Crippen LogP contribution in [0.25, 0.3) is 0 Å². The summed E-state index contributed by atoms with van der Waals surface area (Å²) in [6, 6.07) is 16.6. The molecule has 2 rings (SSSR count). The minimum absolute atomic E-state index is 0.551. The number of carboxylic acid groups (broad SMARTS) is 1. The van der Waals surface area contributed by atoms with Crippen LogP contribution in [0.3, 0.4) is 0 Å². The van der Waals surface area contributed by atoms with E-state index in [1.54, 1.807) is 19.2 Å². The Morgan fingerprint density at radius 1 is 1.00 bits per heavy atom. The molecule has 6 nitrogen and oxygen atoms in total. The molecule has 0 fully saturated rings. The molecule has 2 N–H and O–H groups in total. The van der Waals surface area contributed by atoms with Crippen LogP contribution in [0.1, 0.15) is 11.1 Å². The zero-order chi connectivity index (χ0) is 17.4. The van der Waals surface area contributed by atoms with Crippen molar-refractivity contribution in [2.24, 2.45) is 5.10 Å². The normalized spacial score (nSPS) is 11.3. The molecule has 0 aliphatic rings. The van der Waals surface area contributed by atoms with Crippen LogP contribution >= 0.6 is 0 Å². The Labute approximate surface area is 139 Å². The van der Waals surface area contributed by atoms with Crippen molar-refractivity contribution in [1.82, 2.24) is 5.43 Å². The molecule has 0 bridgehead atoms. The number of nitrogens with zero attached hydrogens (tertiary/aromatic N) is 1. The topological polar surface area (TPSA) is 88.0 Å². The number of carboxylic acids is 1. The Bertz CT molecular complexity index is 765. The molecule has 0 heterocycles. The largest absolute Gasteiger partial charge is 0.497 e. The lowest BCUT2D eigenvalue weighted by molar-refractivity contribution is -0.131. The molecule has 6 heteroatoms. The van der Waals surface area contributed by atoms with Gasteiger partial charge in [0.15, 0.2) is 0 Å². The number of hydrogen-bond donors (Lipinski definition) is 2. The Kier molecular flexibility index (Phi) is 5.85. The molecule has 122 valence electrons. The third kappa shape index (κ3) is 4.81. The molecule has 24 heavy (non-hydrogen) atoms. The fourth-order valence-corrected chi connectivity index (χ4v) is 1.94. The van der Waals surface area contributed by atoms with E-state index in [9.17, 15) is 9.59 Å². The van der Waals surface area contributed by atoms with Crippen LogP contribution in [0.15, 0.2) is 71.9 Å². The van der Waals surface area contributed by atoms with Crippen molar-refractivity contribution >= 4 is 17.6 Å². The second kappa shape index (κ2) is 8.28. The number of benzene rings is 2. The van der Waals surface area contributed by atoms with Crippen LogP contribution in [0.2, 0.25) is 0 Å². The smallest absolute Gasteiger partial charge is 0.328 e. The second-order valence-electron chi connectivity index (χ2n) is 4.70. The molecule has 1 amide bonds. The first kappa shape index (κ1) is 17.0. The zero-order valence-electron chi connectivity index (χ0n) is 13.0. The number of amides is 1. The Hall–Kier alpha value is -3.41. The predicted molar refractivity (Wildman–Crippen MR) is 90.0 cm³/mol. The van der Waals surface area contributed by atoms with E-state index >= 15 is 0 Å². The molecular weight excluding hydrogens is 308 g/mol. The molecular formula is C18H16N2O4. The number of carbonyl (C=O) groups is 2. The van der Waals surface area contributed by atoms with Gasteiger partial charge in [-0.25, -0.2) is 10.2 Å².